The van der Waals surface area contributed by atoms with Crippen LogP contribution in [0.15, 0.2) is 54.6 Å². The van der Waals surface area contributed by atoms with Crippen molar-refractivity contribution in [2.75, 3.05) is 26.6 Å². The summed E-state index contributed by atoms with van der Waals surface area (Å²) in [5.74, 6) is 0.185. The van der Waals surface area contributed by atoms with Crippen molar-refractivity contribution in [1.82, 2.24) is 10.2 Å². The average molecular weight is 482 g/mol. The summed E-state index contributed by atoms with van der Waals surface area (Å²) >= 11 is 1.16. The van der Waals surface area contributed by atoms with Gasteiger partial charge in [0.05, 0.1) is 31.2 Å². The molecule has 0 bridgehead atoms. The molecule has 9 heteroatoms. The van der Waals surface area contributed by atoms with Crippen molar-refractivity contribution in [2.45, 2.75) is 20.0 Å². The summed E-state index contributed by atoms with van der Waals surface area (Å²) in [7, 11) is 4.82. The highest BCUT2D eigenvalue weighted by molar-refractivity contribution is 7.18. The Kier molecular flexibility index (Phi) is 8.26. The molecular weight excluding hydrogens is 454 g/mol. The number of amides is 3. The lowest BCUT2D eigenvalue weighted by Crippen LogP contribution is -2.34. The quantitative estimate of drug-likeness (QED) is 0.481. The lowest BCUT2D eigenvalue weighted by Gasteiger charge is -2.19. The maximum Gasteiger partial charge on any atom is 0.263 e. The number of hydrogen-bond acceptors (Lipinski definition) is 7. The number of thiophene rings is 1. The van der Waals surface area contributed by atoms with Gasteiger partial charge in [-0.25, -0.2) is 0 Å². The normalized spacial score (nSPS) is 10.4. The van der Waals surface area contributed by atoms with Crippen LogP contribution in [0.25, 0.3) is 0 Å². The molecule has 178 valence electrons. The number of imide groups is 1. The van der Waals surface area contributed by atoms with E-state index in [1.165, 1.54) is 13.0 Å². The predicted octanol–water partition coefficient (Wildman–Crippen LogP) is 3.93. The minimum Gasteiger partial charge on any atom is -0.497 e. The molecular formula is C25H27N3O5S. The Morgan fingerprint density at radius 3 is 2.26 bits per heavy atom. The Labute approximate surface area is 202 Å². The number of nitrogens with zero attached hydrogens (tertiary/aromatic N) is 1. The number of carbonyl (C=O) groups excluding carboxylic acids is 3. The number of anilines is 1. The van der Waals surface area contributed by atoms with Gasteiger partial charge in [-0.05, 0) is 41.5 Å². The molecule has 1 heterocycles. The van der Waals surface area contributed by atoms with Crippen LogP contribution in [0, 0.1) is 0 Å². The smallest absolute Gasteiger partial charge is 0.263 e. The minimum absolute atomic E-state index is 0.0867. The van der Waals surface area contributed by atoms with Gasteiger partial charge >= 0.3 is 0 Å². The van der Waals surface area contributed by atoms with Gasteiger partial charge in [0.15, 0.2) is 0 Å². The number of carbonyl (C=O) groups is 3. The first-order valence-electron chi connectivity index (χ1n) is 10.5. The van der Waals surface area contributed by atoms with Gasteiger partial charge in [0, 0.05) is 20.5 Å². The van der Waals surface area contributed by atoms with Crippen molar-refractivity contribution < 1.29 is 23.9 Å². The summed E-state index contributed by atoms with van der Waals surface area (Å²) in [6.07, 6.45) is 0. The maximum atomic E-state index is 13.3. The van der Waals surface area contributed by atoms with Crippen LogP contribution in [0.2, 0.25) is 0 Å². The van der Waals surface area contributed by atoms with E-state index in [9.17, 15) is 14.4 Å². The average Bonchev–Trinajstić information content (AvgIpc) is 3.30. The molecule has 0 fully saturated rings. The summed E-state index contributed by atoms with van der Waals surface area (Å²) in [6, 6.07) is 16.1. The third-order valence-electron chi connectivity index (χ3n) is 5.13. The van der Waals surface area contributed by atoms with Crippen LogP contribution in [0.1, 0.15) is 38.1 Å². The summed E-state index contributed by atoms with van der Waals surface area (Å²) in [5.41, 5.74) is 1.93. The zero-order valence-corrected chi connectivity index (χ0v) is 20.3. The van der Waals surface area contributed by atoms with Crippen LogP contribution in [-0.2, 0) is 17.9 Å². The fourth-order valence-corrected chi connectivity index (χ4v) is 4.21. The zero-order valence-electron chi connectivity index (χ0n) is 19.5. The minimum atomic E-state index is -0.481. The SMILES string of the molecule is CNc1sc(C(=O)NCc2ccc(OC)cc2)cc1C(=O)N(Cc1cccc(OC)c1)C(C)=O. The molecule has 2 N–H and O–H groups in total. The Morgan fingerprint density at radius 1 is 0.941 bits per heavy atom. The van der Waals surface area contributed by atoms with Gasteiger partial charge < -0.3 is 20.1 Å². The monoisotopic (exact) mass is 481 g/mol. The fraction of sp³-hybridized carbons (Fsp3) is 0.240. The molecule has 0 aliphatic rings. The third-order valence-corrected chi connectivity index (χ3v) is 6.28. The number of ether oxygens (including phenoxy) is 2. The fourth-order valence-electron chi connectivity index (χ4n) is 3.29. The standard InChI is InChI=1S/C25H27N3O5S/c1-16(29)28(15-18-6-5-7-20(12-18)33-4)25(31)21-13-22(34-24(21)26-2)23(30)27-14-17-8-10-19(32-3)11-9-17/h5-13,26H,14-15H2,1-4H3,(H,27,30). The Hall–Kier alpha value is -3.85. The maximum absolute atomic E-state index is 13.3. The van der Waals surface area contributed by atoms with Gasteiger partial charge in [0.25, 0.3) is 11.8 Å². The topological polar surface area (TPSA) is 97.0 Å². The van der Waals surface area contributed by atoms with Gasteiger partial charge in [0.1, 0.15) is 16.5 Å². The Morgan fingerprint density at radius 2 is 1.65 bits per heavy atom. The molecule has 0 aliphatic heterocycles. The molecule has 3 aromatic rings. The van der Waals surface area contributed by atoms with E-state index in [0.717, 1.165) is 33.1 Å². The molecule has 0 saturated heterocycles. The molecule has 3 rings (SSSR count). The number of benzene rings is 2. The number of nitrogens with one attached hydrogen (secondary N) is 2. The van der Waals surface area contributed by atoms with Crippen LogP contribution in [0.3, 0.4) is 0 Å². The molecule has 2 aromatic carbocycles. The van der Waals surface area contributed by atoms with E-state index in [1.54, 1.807) is 39.5 Å². The molecule has 0 saturated carbocycles. The second-order valence-corrected chi connectivity index (χ2v) is 8.45. The zero-order chi connectivity index (χ0) is 24.7. The van der Waals surface area contributed by atoms with Crippen LogP contribution >= 0.6 is 11.3 Å². The van der Waals surface area contributed by atoms with Crippen molar-refractivity contribution in [3.63, 3.8) is 0 Å². The van der Waals surface area contributed by atoms with Crippen molar-refractivity contribution in [3.05, 3.63) is 76.2 Å². The van der Waals surface area contributed by atoms with Crippen LogP contribution in [0.5, 0.6) is 11.5 Å². The number of methoxy groups -OCH3 is 2. The summed E-state index contributed by atoms with van der Waals surface area (Å²) < 4.78 is 10.4. The lowest BCUT2D eigenvalue weighted by molar-refractivity contribution is -0.126. The summed E-state index contributed by atoms with van der Waals surface area (Å²) in [6.45, 7) is 1.75. The van der Waals surface area contributed by atoms with E-state index in [2.05, 4.69) is 10.6 Å². The van der Waals surface area contributed by atoms with Crippen molar-refractivity contribution in [3.8, 4) is 11.5 Å². The van der Waals surface area contributed by atoms with Crippen molar-refractivity contribution in [2.24, 2.45) is 0 Å². The molecule has 8 nitrogen and oxygen atoms in total. The van der Waals surface area contributed by atoms with Crippen molar-refractivity contribution >= 4 is 34.1 Å². The molecule has 1 aromatic heterocycles. The van der Waals surface area contributed by atoms with Gasteiger partial charge in [-0.2, -0.15) is 0 Å². The van der Waals surface area contributed by atoms with E-state index in [0.29, 0.717) is 22.2 Å². The van der Waals surface area contributed by atoms with Gasteiger partial charge in [-0.3, -0.25) is 19.3 Å². The van der Waals surface area contributed by atoms with Crippen LogP contribution in [0.4, 0.5) is 5.00 Å². The molecule has 0 aliphatic carbocycles. The van der Waals surface area contributed by atoms with E-state index in [-0.39, 0.29) is 18.0 Å². The van der Waals surface area contributed by atoms with Crippen LogP contribution in [-0.4, -0.2) is 43.9 Å². The highest BCUT2D eigenvalue weighted by atomic mass is 32.1. The summed E-state index contributed by atoms with van der Waals surface area (Å²) in [4.78, 5) is 39.9. The first-order chi connectivity index (χ1) is 16.4. The van der Waals surface area contributed by atoms with Gasteiger partial charge in [-0.1, -0.05) is 24.3 Å². The molecule has 0 unspecified atom stereocenters. The molecule has 0 atom stereocenters. The molecule has 3 amide bonds. The van der Waals surface area contributed by atoms with E-state index in [1.807, 2.05) is 30.3 Å². The van der Waals surface area contributed by atoms with E-state index >= 15 is 0 Å². The van der Waals surface area contributed by atoms with Gasteiger partial charge in [-0.15, -0.1) is 11.3 Å². The molecule has 0 radical (unpaired) electrons. The molecule has 34 heavy (non-hydrogen) atoms. The largest absolute Gasteiger partial charge is 0.497 e. The first-order valence-corrected chi connectivity index (χ1v) is 11.4. The van der Waals surface area contributed by atoms with Crippen molar-refractivity contribution in [1.29, 1.82) is 0 Å². The second kappa shape index (κ2) is 11.3. The Bertz CT molecular complexity index is 1170. The van der Waals surface area contributed by atoms with E-state index < -0.39 is 11.8 Å². The lowest BCUT2D eigenvalue weighted by atomic mass is 10.1. The van der Waals surface area contributed by atoms with Gasteiger partial charge in [0.2, 0.25) is 5.91 Å². The third kappa shape index (κ3) is 5.93. The summed E-state index contributed by atoms with van der Waals surface area (Å²) in [5, 5.41) is 6.33. The predicted molar refractivity (Wildman–Crippen MR) is 132 cm³/mol. The van der Waals surface area contributed by atoms with Crippen LogP contribution < -0.4 is 20.1 Å². The highest BCUT2D eigenvalue weighted by Gasteiger charge is 2.26. The molecule has 0 spiro atoms. The number of hydrogen-bond donors (Lipinski definition) is 2. The number of rotatable bonds is 9. The Balaban J connectivity index is 1.76. The second-order valence-electron chi connectivity index (χ2n) is 7.40. The highest BCUT2D eigenvalue weighted by Crippen LogP contribution is 2.30. The first kappa shape index (κ1) is 24.8. The van der Waals surface area contributed by atoms with E-state index in [4.69, 9.17) is 9.47 Å².